The van der Waals surface area contributed by atoms with Gasteiger partial charge in [-0.1, -0.05) is 48.2 Å². The Kier molecular flexibility index (Phi) is 6.90. The molecule has 0 saturated carbocycles. The highest BCUT2D eigenvalue weighted by Crippen LogP contribution is 2.26. The van der Waals surface area contributed by atoms with Crippen LogP contribution in [-0.4, -0.2) is 29.2 Å². The molecule has 0 fully saturated rings. The zero-order chi connectivity index (χ0) is 23.2. The summed E-state index contributed by atoms with van der Waals surface area (Å²) in [5.74, 6) is 0.187. The maximum Gasteiger partial charge on any atom is 0.255 e. The lowest BCUT2D eigenvalue weighted by atomic mass is 10.2. The van der Waals surface area contributed by atoms with Gasteiger partial charge in [0.2, 0.25) is 5.91 Å². The van der Waals surface area contributed by atoms with Gasteiger partial charge in [-0.15, -0.1) is 0 Å². The van der Waals surface area contributed by atoms with E-state index in [1.165, 1.54) is 11.8 Å². The number of nitrogens with one attached hydrogen (secondary N) is 2. The third-order valence-corrected chi connectivity index (χ3v) is 6.05. The number of ether oxygens (including phenoxy) is 1. The van der Waals surface area contributed by atoms with Crippen molar-refractivity contribution in [2.45, 2.75) is 17.2 Å². The molecule has 0 aliphatic rings. The lowest BCUT2D eigenvalue weighted by molar-refractivity contribution is -0.115. The van der Waals surface area contributed by atoms with Gasteiger partial charge in [-0.05, 0) is 55.5 Å². The van der Waals surface area contributed by atoms with Gasteiger partial charge in [0.25, 0.3) is 5.91 Å². The predicted octanol–water partition coefficient (Wildman–Crippen LogP) is 5.62. The lowest BCUT2D eigenvalue weighted by Gasteiger charge is -2.13. The Hall–Kier alpha value is -3.84. The van der Waals surface area contributed by atoms with E-state index in [1.54, 1.807) is 43.5 Å². The number of carbonyl (C=O) groups is 2. The first-order valence-electron chi connectivity index (χ1n) is 10.4. The molecule has 1 unspecified atom stereocenters. The van der Waals surface area contributed by atoms with Crippen LogP contribution in [0.1, 0.15) is 17.3 Å². The molecule has 33 heavy (non-hydrogen) atoms. The highest BCUT2D eigenvalue weighted by Gasteiger charge is 2.16. The summed E-state index contributed by atoms with van der Waals surface area (Å²) in [6.45, 7) is 1.84. The summed E-state index contributed by atoms with van der Waals surface area (Å²) < 4.78 is 5.26. The maximum atomic E-state index is 12.7. The maximum absolute atomic E-state index is 12.7. The summed E-state index contributed by atoms with van der Waals surface area (Å²) in [7, 11) is 1.55. The van der Waals surface area contributed by atoms with Gasteiger partial charge in [0.05, 0.1) is 28.6 Å². The molecule has 1 heterocycles. The third kappa shape index (κ3) is 5.51. The number of fused-ring (bicyclic) bond motifs is 1. The number of methoxy groups -OCH3 is 1. The van der Waals surface area contributed by atoms with Crippen LogP contribution in [0, 0.1) is 0 Å². The van der Waals surface area contributed by atoms with Gasteiger partial charge in [-0.3, -0.25) is 9.59 Å². The van der Waals surface area contributed by atoms with E-state index in [2.05, 4.69) is 15.6 Å². The first kappa shape index (κ1) is 22.4. The quantitative estimate of drug-likeness (QED) is 0.352. The van der Waals surface area contributed by atoms with Crippen LogP contribution in [-0.2, 0) is 4.79 Å². The SMILES string of the molecule is COc1ccccc1NC(=O)c1ccc(NC(=O)C(C)Sc2ccc3ccccc3n2)cc1. The highest BCUT2D eigenvalue weighted by molar-refractivity contribution is 8.00. The van der Waals surface area contributed by atoms with Crippen molar-refractivity contribution in [2.24, 2.45) is 0 Å². The van der Waals surface area contributed by atoms with Crippen molar-refractivity contribution in [3.63, 3.8) is 0 Å². The topological polar surface area (TPSA) is 80.3 Å². The normalized spacial score (nSPS) is 11.6. The molecule has 0 radical (unpaired) electrons. The fourth-order valence-corrected chi connectivity index (χ4v) is 4.06. The molecule has 6 nitrogen and oxygen atoms in total. The first-order valence-corrected chi connectivity index (χ1v) is 11.3. The van der Waals surface area contributed by atoms with Crippen LogP contribution in [0.25, 0.3) is 10.9 Å². The van der Waals surface area contributed by atoms with Crippen molar-refractivity contribution >= 4 is 45.9 Å². The van der Waals surface area contributed by atoms with E-state index in [4.69, 9.17) is 4.74 Å². The minimum atomic E-state index is -0.341. The summed E-state index contributed by atoms with van der Waals surface area (Å²) in [6, 6.07) is 25.8. The van der Waals surface area contributed by atoms with Crippen molar-refractivity contribution in [3.8, 4) is 5.75 Å². The zero-order valence-electron chi connectivity index (χ0n) is 18.2. The average Bonchev–Trinajstić information content (AvgIpc) is 2.84. The molecule has 1 atom stereocenters. The molecule has 2 N–H and O–H groups in total. The highest BCUT2D eigenvalue weighted by atomic mass is 32.2. The minimum absolute atomic E-state index is 0.138. The third-order valence-electron chi connectivity index (χ3n) is 5.01. The van der Waals surface area contributed by atoms with Crippen LogP contribution in [0.3, 0.4) is 0 Å². The number of amides is 2. The molecule has 4 aromatic rings. The molecule has 7 heteroatoms. The van der Waals surface area contributed by atoms with Crippen LogP contribution >= 0.6 is 11.8 Å². The summed E-state index contributed by atoms with van der Waals surface area (Å²) in [5, 5.41) is 7.24. The largest absolute Gasteiger partial charge is 0.495 e. The second-order valence-electron chi connectivity index (χ2n) is 7.32. The molecular weight excluding hydrogens is 434 g/mol. The molecule has 0 saturated heterocycles. The summed E-state index contributed by atoms with van der Waals surface area (Å²) in [6.07, 6.45) is 0. The molecule has 166 valence electrons. The molecule has 2 amide bonds. The number of thioether (sulfide) groups is 1. The molecule has 4 rings (SSSR count). The molecule has 0 spiro atoms. The number of hydrogen-bond acceptors (Lipinski definition) is 5. The Morgan fingerprint density at radius 1 is 0.879 bits per heavy atom. The van der Waals surface area contributed by atoms with Gasteiger partial charge < -0.3 is 15.4 Å². The van der Waals surface area contributed by atoms with Crippen molar-refractivity contribution < 1.29 is 14.3 Å². The van der Waals surface area contributed by atoms with Crippen LogP contribution in [0.15, 0.2) is 90.0 Å². The molecule has 0 aliphatic carbocycles. The van der Waals surface area contributed by atoms with E-state index in [1.807, 2.05) is 55.5 Å². The number of anilines is 2. The van der Waals surface area contributed by atoms with Crippen molar-refractivity contribution in [3.05, 3.63) is 90.5 Å². The van der Waals surface area contributed by atoms with Crippen molar-refractivity contribution in [2.75, 3.05) is 17.7 Å². The minimum Gasteiger partial charge on any atom is -0.495 e. The second-order valence-corrected chi connectivity index (χ2v) is 8.68. The molecule has 0 bridgehead atoms. The van der Waals surface area contributed by atoms with E-state index < -0.39 is 0 Å². The van der Waals surface area contributed by atoms with Gasteiger partial charge >= 0.3 is 0 Å². The van der Waals surface area contributed by atoms with Gasteiger partial charge in [0.15, 0.2) is 0 Å². The molecule has 1 aromatic heterocycles. The number of aromatic nitrogens is 1. The number of carbonyl (C=O) groups excluding carboxylic acids is 2. The number of nitrogens with zero attached hydrogens (tertiary/aromatic N) is 1. The predicted molar refractivity (Wildman–Crippen MR) is 133 cm³/mol. The number of benzene rings is 3. The molecule has 0 aliphatic heterocycles. The summed E-state index contributed by atoms with van der Waals surface area (Å²) in [5.41, 5.74) is 2.59. The number of pyridine rings is 1. The van der Waals surface area contributed by atoms with Crippen LogP contribution < -0.4 is 15.4 Å². The second kappa shape index (κ2) is 10.2. The van der Waals surface area contributed by atoms with Crippen LogP contribution in [0.2, 0.25) is 0 Å². The fraction of sp³-hybridized carbons (Fsp3) is 0.115. The lowest BCUT2D eigenvalue weighted by Crippen LogP contribution is -2.22. The number of rotatable bonds is 7. The van der Waals surface area contributed by atoms with Gasteiger partial charge in [-0.2, -0.15) is 0 Å². The number of para-hydroxylation sites is 3. The van der Waals surface area contributed by atoms with E-state index in [-0.39, 0.29) is 17.1 Å². The van der Waals surface area contributed by atoms with Gasteiger partial charge in [0.1, 0.15) is 5.75 Å². The van der Waals surface area contributed by atoms with Gasteiger partial charge in [-0.25, -0.2) is 4.98 Å². The number of hydrogen-bond donors (Lipinski definition) is 2. The van der Waals surface area contributed by atoms with Crippen LogP contribution in [0.5, 0.6) is 5.75 Å². The Morgan fingerprint density at radius 2 is 1.61 bits per heavy atom. The van der Waals surface area contributed by atoms with E-state index in [0.29, 0.717) is 22.7 Å². The smallest absolute Gasteiger partial charge is 0.255 e. The van der Waals surface area contributed by atoms with E-state index in [9.17, 15) is 9.59 Å². The summed E-state index contributed by atoms with van der Waals surface area (Å²) in [4.78, 5) is 29.8. The Balaban J connectivity index is 1.36. The summed E-state index contributed by atoms with van der Waals surface area (Å²) >= 11 is 1.40. The van der Waals surface area contributed by atoms with Gasteiger partial charge in [0, 0.05) is 16.6 Å². The Bertz CT molecular complexity index is 1290. The monoisotopic (exact) mass is 457 g/mol. The Labute approximate surface area is 196 Å². The molecule has 3 aromatic carbocycles. The first-order chi connectivity index (χ1) is 16.0. The average molecular weight is 458 g/mol. The molecular formula is C26H23N3O3S. The van der Waals surface area contributed by atoms with E-state index >= 15 is 0 Å². The zero-order valence-corrected chi connectivity index (χ0v) is 19.1. The van der Waals surface area contributed by atoms with E-state index in [0.717, 1.165) is 15.9 Å². The van der Waals surface area contributed by atoms with Crippen LogP contribution in [0.4, 0.5) is 11.4 Å². The Morgan fingerprint density at radius 3 is 2.39 bits per heavy atom. The van der Waals surface area contributed by atoms with Crippen molar-refractivity contribution in [1.29, 1.82) is 0 Å². The van der Waals surface area contributed by atoms with Crippen molar-refractivity contribution in [1.82, 2.24) is 4.98 Å². The standard InChI is InChI=1S/C26H23N3O3S/c1-17(33-24-16-13-18-7-3-4-8-21(18)28-24)25(30)27-20-14-11-19(12-15-20)26(31)29-22-9-5-6-10-23(22)32-2/h3-17H,1-2H3,(H,27,30)(H,29,31). The fourth-order valence-electron chi connectivity index (χ4n) is 3.24.